The quantitative estimate of drug-likeness (QED) is 0.483. The molecule has 9 heteroatoms. The van der Waals surface area contributed by atoms with E-state index in [1.165, 1.54) is 14.7 Å². The molecule has 0 spiro atoms. The molecule has 9 nitrogen and oxygen atoms in total. The van der Waals surface area contributed by atoms with Crippen molar-refractivity contribution in [1.29, 1.82) is 0 Å². The highest BCUT2D eigenvalue weighted by molar-refractivity contribution is 5.76. The predicted molar refractivity (Wildman–Crippen MR) is 123 cm³/mol. The SMILES string of the molecule is Cc1cccc(-n2c(C)cn3c4c(=O)n(CCN5CCOCC5)c(=O)n(C)c4nc23)c1C. The Kier molecular flexibility index (Phi) is 5.02. The second-order valence-corrected chi connectivity index (χ2v) is 8.53. The summed E-state index contributed by atoms with van der Waals surface area (Å²) in [6.07, 6.45) is 1.92. The maximum absolute atomic E-state index is 13.5. The Hall–Kier alpha value is -3.17. The van der Waals surface area contributed by atoms with Gasteiger partial charge < -0.3 is 4.74 Å². The third-order valence-corrected chi connectivity index (χ3v) is 6.59. The van der Waals surface area contributed by atoms with Crippen LogP contribution in [0.15, 0.2) is 34.0 Å². The fourth-order valence-electron chi connectivity index (χ4n) is 4.55. The standard InChI is InChI=1S/C23H28N6O3/c1-15-6-5-7-18(17(15)3)29-16(2)14-28-19-20(24-22(28)29)25(4)23(31)27(21(19)30)9-8-26-10-12-32-13-11-26/h5-7,14H,8-13H2,1-4H3. The number of hydrogen-bond acceptors (Lipinski definition) is 5. The summed E-state index contributed by atoms with van der Waals surface area (Å²) in [6, 6.07) is 6.15. The maximum atomic E-state index is 13.5. The second kappa shape index (κ2) is 7.75. The fraction of sp³-hybridized carbons (Fsp3) is 0.435. The Morgan fingerprint density at radius 1 is 1.06 bits per heavy atom. The van der Waals surface area contributed by atoms with E-state index in [1.807, 2.05) is 34.2 Å². The largest absolute Gasteiger partial charge is 0.379 e. The van der Waals surface area contributed by atoms with Crippen molar-refractivity contribution in [2.45, 2.75) is 27.3 Å². The molecule has 0 unspecified atom stereocenters. The van der Waals surface area contributed by atoms with Crippen LogP contribution in [0.25, 0.3) is 22.6 Å². The van der Waals surface area contributed by atoms with Crippen LogP contribution < -0.4 is 11.2 Å². The van der Waals surface area contributed by atoms with E-state index >= 15 is 0 Å². The van der Waals surface area contributed by atoms with Gasteiger partial charge in [-0.2, -0.15) is 4.98 Å². The Bertz CT molecular complexity index is 1450. The first-order valence-corrected chi connectivity index (χ1v) is 10.9. The molecule has 4 heterocycles. The van der Waals surface area contributed by atoms with Crippen molar-refractivity contribution in [1.82, 2.24) is 28.0 Å². The third-order valence-electron chi connectivity index (χ3n) is 6.59. The number of benzene rings is 1. The maximum Gasteiger partial charge on any atom is 0.332 e. The van der Waals surface area contributed by atoms with Crippen LogP contribution in [0.1, 0.15) is 16.8 Å². The molecule has 1 aliphatic rings. The molecule has 4 aromatic rings. The van der Waals surface area contributed by atoms with Gasteiger partial charge in [-0.05, 0) is 38.0 Å². The van der Waals surface area contributed by atoms with Gasteiger partial charge in [-0.1, -0.05) is 12.1 Å². The highest BCUT2D eigenvalue weighted by Gasteiger charge is 2.22. The molecule has 168 valence electrons. The van der Waals surface area contributed by atoms with E-state index in [2.05, 4.69) is 24.8 Å². The van der Waals surface area contributed by atoms with E-state index in [4.69, 9.17) is 9.72 Å². The Morgan fingerprint density at radius 3 is 2.56 bits per heavy atom. The summed E-state index contributed by atoms with van der Waals surface area (Å²) in [5.41, 5.74) is 4.50. The minimum Gasteiger partial charge on any atom is -0.379 e. The van der Waals surface area contributed by atoms with Crippen molar-refractivity contribution in [3.63, 3.8) is 0 Å². The van der Waals surface area contributed by atoms with E-state index < -0.39 is 0 Å². The number of ether oxygens (including phenoxy) is 1. The zero-order valence-corrected chi connectivity index (χ0v) is 19.0. The van der Waals surface area contributed by atoms with Crippen LogP contribution in [-0.2, 0) is 18.3 Å². The lowest BCUT2D eigenvalue weighted by Crippen LogP contribution is -2.44. The summed E-state index contributed by atoms with van der Waals surface area (Å²) in [4.78, 5) is 33.4. The predicted octanol–water partition coefficient (Wildman–Crippen LogP) is 1.40. The van der Waals surface area contributed by atoms with Crippen molar-refractivity contribution in [2.75, 3.05) is 32.8 Å². The molecule has 5 rings (SSSR count). The van der Waals surface area contributed by atoms with E-state index in [1.54, 1.807) is 7.05 Å². The Morgan fingerprint density at radius 2 is 1.81 bits per heavy atom. The highest BCUT2D eigenvalue weighted by atomic mass is 16.5. The molecule has 0 atom stereocenters. The molecule has 1 fully saturated rings. The average Bonchev–Trinajstić information content (AvgIpc) is 3.30. The number of rotatable bonds is 4. The number of hydrogen-bond donors (Lipinski definition) is 0. The minimum atomic E-state index is -0.341. The minimum absolute atomic E-state index is 0.304. The Labute approximate surface area is 185 Å². The normalized spacial score (nSPS) is 15.2. The molecule has 3 aromatic heterocycles. The van der Waals surface area contributed by atoms with Gasteiger partial charge in [-0.25, -0.2) is 4.79 Å². The van der Waals surface area contributed by atoms with Crippen LogP contribution >= 0.6 is 0 Å². The highest BCUT2D eigenvalue weighted by Crippen LogP contribution is 2.24. The zero-order valence-electron chi connectivity index (χ0n) is 19.0. The molecule has 1 aliphatic heterocycles. The first-order valence-electron chi connectivity index (χ1n) is 10.9. The summed E-state index contributed by atoms with van der Waals surface area (Å²) in [7, 11) is 1.68. The monoisotopic (exact) mass is 436 g/mol. The van der Waals surface area contributed by atoms with Gasteiger partial charge >= 0.3 is 5.69 Å². The lowest BCUT2D eigenvalue weighted by Gasteiger charge is -2.26. The number of aryl methyl sites for hydroxylation is 3. The molecular weight excluding hydrogens is 408 g/mol. The molecule has 0 N–H and O–H groups in total. The van der Waals surface area contributed by atoms with Gasteiger partial charge in [0.1, 0.15) is 0 Å². The molecule has 1 saturated heterocycles. The van der Waals surface area contributed by atoms with Crippen LogP contribution in [0.4, 0.5) is 0 Å². The number of aromatic nitrogens is 5. The van der Waals surface area contributed by atoms with E-state index in [9.17, 15) is 9.59 Å². The van der Waals surface area contributed by atoms with Gasteiger partial charge in [0, 0.05) is 45.1 Å². The van der Waals surface area contributed by atoms with Gasteiger partial charge in [-0.15, -0.1) is 0 Å². The molecule has 0 bridgehead atoms. The molecule has 1 aromatic carbocycles. The average molecular weight is 437 g/mol. The van der Waals surface area contributed by atoms with Crippen molar-refractivity contribution in [2.24, 2.45) is 7.05 Å². The van der Waals surface area contributed by atoms with Crippen molar-refractivity contribution < 1.29 is 4.74 Å². The fourth-order valence-corrected chi connectivity index (χ4v) is 4.55. The first kappa shape index (κ1) is 20.7. The summed E-state index contributed by atoms with van der Waals surface area (Å²) >= 11 is 0. The van der Waals surface area contributed by atoms with E-state index in [0.717, 1.165) is 30.0 Å². The van der Waals surface area contributed by atoms with Crippen LogP contribution in [-0.4, -0.2) is 60.8 Å². The lowest BCUT2D eigenvalue weighted by atomic mass is 10.1. The van der Waals surface area contributed by atoms with Crippen molar-refractivity contribution >= 4 is 16.9 Å². The smallest absolute Gasteiger partial charge is 0.332 e. The Balaban J connectivity index is 1.69. The first-order chi connectivity index (χ1) is 15.4. The molecule has 0 amide bonds. The van der Waals surface area contributed by atoms with E-state index in [-0.39, 0.29) is 11.2 Å². The molecular formula is C23H28N6O3. The van der Waals surface area contributed by atoms with Crippen LogP contribution in [0.2, 0.25) is 0 Å². The molecule has 32 heavy (non-hydrogen) atoms. The molecule has 0 aliphatic carbocycles. The van der Waals surface area contributed by atoms with Gasteiger partial charge in [0.25, 0.3) is 5.56 Å². The van der Waals surface area contributed by atoms with Gasteiger partial charge in [-0.3, -0.25) is 27.8 Å². The third kappa shape index (κ3) is 3.11. The summed E-state index contributed by atoms with van der Waals surface area (Å²) in [5, 5.41) is 0. The van der Waals surface area contributed by atoms with Crippen molar-refractivity contribution in [3.05, 3.63) is 62.1 Å². The molecule has 0 saturated carbocycles. The van der Waals surface area contributed by atoms with E-state index in [0.29, 0.717) is 43.2 Å². The van der Waals surface area contributed by atoms with Crippen molar-refractivity contribution in [3.8, 4) is 5.69 Å². The number of morpholine rings is 1. The molecule has 0 radical (unpaired) electrons. The summed E-state index contributed by atoms with van der Waals surface area (Å²) in [5.74, 6) is 0.629. The summed E-state index contributed by atoms with van der Waals surface area (Å²) < 4.78 is 12.1. The van der Waals surface area contributed by atoms with Crippen LogP contribution in [0.5, 0.6) is 0 Å². The van der Waals surface area contributed by atoms with Gasteiger partial charge in [0.05, 0.1) is 18.9 Å². The van der Waals surface area contributed by atoms with Gasteiger partial charge in [0.2, 0.25) is 5.78 Å². The summed E-state index contributed by atoms with van der Waals surface area (Å²) in [6.45, 7) is 10.1. The topological polar surface area (TPSA) is 78.7 Å². The van der Waals surface area contributed by atoms with Gasteiger partial charge in [0.15, 0.2) is 11.2 Å². The number of nitrogens with zero attached hydrogens (tertiary/aromatic N) is 6. The second-order valence-electron chi connectivity index (χ2n) is 8.53. The number of fused-ring (bicyclic) bond motifs is 3. The van der Waals surface area contributed by atoms with Crippen LogP contribution in [0, 0.1) is 20.8 Å². The van der Waals surface area contributed by atoms with Crippen LogP contribution in [0.3, 0.4) is 0 Å². The lowest BCUT2D eigenvalue weighted by molar-refractivity contribution is 0.0361. The zero-order chi connectivity index (χ0) is 22.6. The number of imidazole rings is 2.